The van der Waals surface area contributed by atoms with Crippen LogP contribution in [0.5, 0.6) is 0 Å². The van der Waals surface area contributed by atoms with Crippen molar-refractivity contribution >= 4 is 16.7 Å². The zero-order valence-electron chi connectivity index (χ0n) is 19.5. The smallest absolute Gasteiger partial charge is 0.153 e. The fraction of sp³-hybridized carbons (Fsp3) is 0.233. The molecule has 2 atom stereocenters. The van der Waals surface area contributed by atoms with Crippen molar-refractivity contribution in [3.05, 3.63) is 107 Å². The summed E-state index contributed by atoms with van der Waals surface area (Å²) in [6, 6.07) is 24.1. The first-order valence-electron chi connectivity index (χ1n) is 11.8. The van der Waals surface area contributed by atoms with Gasteiger partial charge < -0.3 is 4.57 Å². The van der Waals surface area contributed by atoms with Gasteiger partial charge >= 0.3 is 0 Å². The van der Waals surface area contributed by atoms with E-state index in [1.54, 1.807) is 24.3 Å². The Morgan fingerprint density at radius 1 is 0.889 bits per heavy atom. The van der Waals surface area contributed by atoms with E-state index in [4.69, 9.17) is 0 Å². The van der Waals surface area contributed by atoms with Crippen molar-refractivity contribution in [3.8, 4) is 12.1 Å². The number of nitrogens with zero attached hydrogens (tertiary/aromatic N) is 3. The van der Waals surface area contributed by atoms with Crippen molar-refractivity contribution in [1.82, 2.24) is 4.57 Å². The van der Waals surface area contributed by atoms with E-state index in [9.17, 15) is 24.1 Å². The summed E-state index contributed by atoms with van der Waals surface area (Å²) in [4.78, 5) is 14.3. The van der Waals surface area contributed by atoms with Crippen LogP contribution in [0.3, 0.4) is 0 Å². The molecule has 0 saturated heterocycles. The van der Waals surface area contributed by atoms with E-state index >= 15 is 0 Å². The van der Waals surface area contributed by atoms with Crippen LogP contribution in [0.15, 0.2) is 72.8 Å². The topological polar surface area (TPSA) is 69.6 Å². The van der Waals surface area contributed by atoms with Crippen molar-refractivity contribution < 1.29 is 13.6 Å². The second kappa shape index (κ2) is 7.60. The maximum absolute atomic E-state index is 14.3. The molecule has 0 radical (unpaired) electrons. The molecule has 176 valence electrons. The highest BCUT2D eigenvalue weighted by molar-refractivity contribution is 6.00. The lowest BCUT2D eigenvalue weighted by Crippen LogP contribution is -2.44. The van der Waals surface area contributed by atoms with Gasteiger partial charge in [0.1, 0.15) is 17.4 Å². The van der Waals surface area contributed by atoms with Crippen molar-refractivity contribution in [2.45, 2.75) is 24.2 Å². The summed E-state index contributed by atoms with van der Waals surface area (Å²) in [5, 5.41) is 21.7. The molecule has 0 bridgehead atoms. The number of fused-ring (bicyclic) bond motifs is 5. The number of carbonyl (C=O) groups excluding carboxylic acids is 1. The van der Waals surface area contributed by atoms with Gasteiger partial charge in [-0.2, -0.15) is 10.5 Å². The molecule has 2 aliphatic rings. The van der Waals surface area contributed by atoms with Gasteiger partial charge in [-0.3, -0.25) is 4.79 Å². The highest BCUT2D eigenvalue weighted by Crippen LogP contribution is 2.64. The van der Waals surface area contributed by atoms with E-state index in [0.29, 0.717) is 11.1 Å². The average molecular weight is 478 g/mol. The Balaban J connectivity index is 1.78. The van der Waals surface area contributed by atoms with Gasteiger partial charge in [-0.25, -0.2) is 8.78 Å². The average Bonchev–Trinajstić information content (AvgIpc) is 3.36. The fourth-order valence-electron chi connectivity index (χ4n) is 6.80. The predicted molar refractivity (Wildman–Crippen MR) is 130 cm³/mol. The third kappa shape index (κ3) is 2.67. The molecule has 36 heavy (non-hydrogen) atoms. The summed E-state index contributed by atoms with van der Waals surface area (Å²) < 4.78 is 30.1. The van der Waals surface area contributed by atoms with Gasteiger partial charge in [0.15, 0.2) is 5.41 Å². The number of rotatable bonds is 2. The molecule has 1 saturated carbocycles. The van der Waals surface area contributed by atoms with Gasteiger partial charge in [0, 0.05) is 48.3 Å². The van der Waals surface area contributed by atoms with E-state index in [2.05, 4.69) is 12.1 Å². The van der Waals surface area contributed by atoms with Gasteiger partial charge in [0.2, 0.25) is 0 Å². The van der Waals surface area contributed by atoms with Gasteiger partial charge in [-0.05, 0) is 47.0 Å². The Kier molecular flexibility index (Phi) is 4.69. The first-order valence-corrected chi connectivity index (χ1v) is 11.8. The lowest BCUT2D eigenvalue weighted by Gasteiger charge is -2.43. The van der Waals surface area contributed by atoms with Gasteiger partial charge in [0.05, 0.1) is 17.6 Å². The Morgan fingerprint density at radius 2 is 1.44 bits per heavy atom. The minimum atomic E-state index is -1.42. The normalized spacial score (nSPS) is 21.4. The summed E-state index contributed by atoms with van der Waals surface area (Å²) in [5.74, 6) is -2.20. The predicted octanol–water partition coefficient (Wildman–Crippen LogP) is 5.71. The number of Topliss-reactive ketones (excluding diaryl/α,β-unsaturated/α-hetero) is 1. The number of aryl methyl sites for hydroxylation is 1. The van der Waals surface area contributed by atoms with Crippen LogP contribution in [-0.4, -0.2) is 10.4 Å². The number of aromatic nitrogens is 1. The lowest BCUT2D eigenvalue weighted by atomic mass is 9.56. The van der Waals surface area contributed by atoms with Gasteiger partial charge in [0.25, 0.3) is 0 Å². The molecule has 0 N–H and O–H groups in total. The third-order valence-corrected chi connectivity index (χ3v) is 8.37. The van der Waals surface area contributed by atoms with Crippen molar-refractivity contribution in [2.75, 3.05) is 0 Å². The SMILES string of the molecule is Cn1c2c(c3ccccc31)C1[C@H](CC(=O)C1(c1ccc(F)cc1)c1ccc(F)cc1)C(C#N)(C#N)C2. The van der Waals surface area contributed by atoms with Gasteiger partial charge in [-0.15, -0.1) is 0 Å². The molecule has 3 aromatic carbocycles. The molecule has 4 aromatic rings. The largest absolute Gasteiger partial charge is 0.347 e. The molecule has 1 fully saturated rings. The molecule has 4 nitrogen and oxygen atoms in total. The van der Waals surface area contributed by atoms with Crippen LogP contribution in [0.4, 0.5) is 8.78 Å². The Labute approximate surface area is 207 Å². The van der Waals surface area contributed by atoms with Crippen LogP contribution in [0.2, 0.25) is 0 Å². The maximum atomic E-state index is 14.3. The molecule has 0 amide bonds. The van der Waals surface area contributed by atoms with E-state index in [1.165, 1.54) is 24.3 Å². The monoisotopic (exact) mass is 477 g/mol. The summed E-state index contributed by atoms with van der Waals surface area (Å²) in [7, 11) is 1.91. The van der Waals surface area contributed by atoms with Crippen LogP contribution < -0.4 is 0 Å². The van der Waals surface area contributed by atoms with Crippen molar-refractivity contribution in [3.63, 3.8) is 0 Å². The standard InChI is InChI=1S/C30H21F2N3O/c1-35-24-5-3-2-4-22(24)27-25(35)15-29(16-33,17-34)23-14-26(36)30(28(23)27,18-6-10-20(31)11-7-18)19-8-12-21(32)13-9-19/h2-13,23,28H,14-15H2,1H3/t23-,28?/m0/s1. The zero-order chi connectivity index (χ0) is 25.2. The number of ketones is 1. The molecular weight excluding hydrogens is 456 g/mol. The Hall–Kier alpha value is -4.29. The molecule has 2 aliphatic carbocycles. The van der Waals surface area contributed by atoms with Crippen molar-refractivity contribution in [1.29, 1.82) is 10.5 Å². The van der Waals surface area contributed by atoms with Crippen LogP contribution >= 0.6 is 0 Å². The number of benzene rings is 3. The van der Waals surface area contributed by atoms with Gasteiger partial charge in [-0.1, -0.05) is 42.5 Å². The van der Waals surface area contributed by atoms with Crippen molar-refractivity contribution in [2.24, 2.45) is 18.4 Å². The van der Waals surface area contributed by atoms with Crippen LogP contribution in [0.25, 0.3) is 10.9 Å². The minimum Gasteiger partial charge on any atom is -0.347 e. The first kappa shape index (κ1) is 22.2. The molecule has 0 aliphatic heterocycles. The first-order chi connectivity index (χ1) is 17.4. The van der Waals surface area contributed by atoms with E-state index in [1.807, 2.05) is 35.9 Å². The molecule has 6 heteroatoms. The van der Waals surface area contributed by atoms with Crippen LogP contribution in [0.1, 0.15) is 34.7 Å². The number of para-hydroxylation sites is 1. The maximum Gasteiger partial charge on any atom is 0.153 e. The number of hydrogen-bond acceptors (Lipinski definition) is 3. The quantitative estimate of drug-likeness (QED) is 0.372. The summed E-state index contributed by atoms with van der Waals surface area (Å²) >= 11 is 0. The number of nitriles is 2. The zero-order valence-corrected chi connectivity index (χ0v) is 19.5. The highest BCUT2D eigenvalue weighted by Gasteiger charge is 2.66. The molecule has 1 heterocycles. The number of halogens is 2. The molecule has 6 rings (SSSR count). The lowest BCUT2D eigenvalue weighted by molar-refractivity contribution is -0.121. The van der Waals surface area contributed by atoms with E-state index < -0.39 is 34.3 Å². The van der Waals surface area contributed by atoms with E-state index in [-0.39, 0.29) is 18.6 Å². The summed E-state index contributed by atoms with van der Waals surface area (Å²) in [6.07, 6.45) is 0.223. The molecule has 1 aromatic heterocycles. The molecule has 1 unspecified atom stereocenters. The molecular formula is C30H21F2N3O. The minimum absolute atomic E-state index is 0.0171. The number of hydrogen-bond donors (Lipinski definition) is 0. The number of carbonyl (C=O) groups is 1. The fourth-order valence-corrected chi connectivity index (χ4v) is 6.80. The van der Waals surface area contributed by atoms with Crippen LogP contribution in [0, 0.1) is 45.6 Å². The Morgan fingerprint density at radius 3 is 2.00 bits per heavy atom. The summed E-state index contributed by atoms with van der Waals surface area (Å²) in [6.45, 7) is 0. The Bertz CT molecular complexity index is 1560. The van der Waals surface area contributed by atoms with Crippen LogP contribution in [-0.2, 0) is 23.7 Å². The molecule has 0 spiro atoms. The third-order valence-electron chi connectivity index (χ3n) is 8.37. The second-order valence-corrected chi connectivity index (χ2v) is 9.84. The highest BCUT2D eigenvalue weighted by atomic mass is 19.1. The van der Waals surface area contributed by atoms with E-state index in [0.717, 1.165) is 22.2 Å². The summed E-state index contributed by atoms with van der Waals surface area (Å²) in [5.41, 5.74) is 1.11. The second-order valence-electron chi connectivity index (χ2n) is 9.84.